The van der Waals surface area contributed by atoms with Crippen molar-refractivity contribution < 1.29 is 26.7 Å². The standard InChI is InChI=1S/C25H25F5N4O/c1-2-3-12-31-24-21(10-11-22(34-24)32-15-16-4-7-18(26)8-5-16)33-23(35)14-17-6-9-19(20(27)13-17)25(28,29)30/h4-11,13H,2-3,12,14-15H2,1H3,(H,33,35)(H2,31,32,34). The zero-order valence-electron chi connectivity index (χ0n) is 19.0. The molecule has 5 nitrogen and oxygen atoms in total. The molecule has 0 atom stereocenters. The molecule has 186 valence electrons. The summed E-state index contributed by atoms with van der Waals surface area (Å²) < 4.78 is 65.2. The van der Waals surface area contributed by atoms with Gasteiger partial charge in [0, 0.05) is 13.1 Å². The zero-order chi connectivity index (χ0) is 25.4. The van der Waals surface area contributed by atoms with Gasteiger partial charge in [0.15, 0.2) is 5.82 Å². The van der Waals surface area contributed by atoms with Gasteiger partial charge in [-0.15, -0.1) is 0 Å². The van der Waals surface area contributed by atoms with Gasteiger partial charge in [0.05, 0.1) is 17.7 Å². The van der Waals surface area contributed by atoms with Crippen LogP contribution in [0.5, 0.6) is 0 Å². The topological polar surface area (TPSA) is 66.1 Å². The maximum Gasteiger partial charge on any atom is 0.419 e. The Bertz CT molecular complexity index is 1150. The molecule has 35 heavy (non-hydrogen) atoms. The van der Waals surface area contributed by atoms with Crippen molar-refractivity contribution in [2.75, 3.05) is 22.5 Å². The highest BCUT2D eigenvalue weighted by Crippen LogP contribution is 2.31. The monoisotopic (exact) mass is 492 g/mol. The van der Waals surface area contributed by atoms with Crippen molar-refractivity contribution >= 4 is 23.2 Å². The first-order valence-electron chi connectivity index (χ1n) is 11.0. The molecule has 0 unspecified atom stereocenters. The second kappa shape index (κ2) is 11.6. The van der Waals surface area contributed by atoms with Crippen LogP contribution in [0.15, 0.2) is 54.6 Å². The summed E-state index contributed by atoms with van der Waals surface area (Å²) >= 11 is 0. The van der Waals surface area contributed by atoms with Crippen LogP contribution >= 0.6 is 0 Å². The number of hydrogen-bond acceptors (Lipinski definition) is 4. The van der Waals surface area contributed by atoms with Crippen LogP contribution < -0.4 is 16.0 Å². The third-order valence-corrected chi connectivity index (χ3v) is 5.08. The molecule has 0 aliphatic heterocycles. The molecule has 1 heterocycles. The Kier molecular flexibility index (Phi) is 8.62. The number of anilines is 3. The van der Waals surface area contributed by atoms with Crippen LogP contribution in [-0.2, 0) is 23.9 Å². The summed E-state index contributed by atoms with van der Waals surface area (Å²) in [6, 6.07) is 11.7. The van der Waals surface area contributed by atoms with Gasteiger partial charge in [0.1, 0.15) is 17.5 Å². The second-order valence-corrected chi connectivity index (χ2v) is 7.89. The summed E-state index contributed by atoms with van der Waals surface area (Å²) in [6.07, 6.45) is -3.31. The maximum atomic E-state index is 13.8. The third-order valence-electron chi connectivity index (χ3n) is 5.08. The van der Waals surface area contributed by atoms with Crippen molar-refractivity contribution in [1.82, 2.24) is 4.98 Å². The molecule has 3 N–H and O–H groups in total. The number of carbonyl (C=O) groups excluding carboxylic acids is 1. The highest BCUT2D eigenvalue weighted by atomic mass is 19.4. The molecule has 3 rings (SSSR count). The summed E-state index contributed by atoms with van der Waals surface area (Å²) in [5.41, 5.74) is -0.0308. The van der Waals surface area contributed by atoms with E-state index in [1.165, 1.54) is 12.1 Å². The molecule has 0 aliphatic rings. The summed E-state index contributed by atoms with van der Waals surface area (Å²) in [4.78, 5) is 17.0. The highest BCUT2D eigenvalue weighted by Gasteiger charge is 2.33. The van der Waals surface area contributed by atoms with Crippen LogP contribution in [0.3, 0.4) is 0 Å². The average molecular weight is 492 g/mol. The summed E-state index contributed by atoms with van der Waals surface area (Å²) in [5, 5.41) is 8.98. The van der Waals surface area contributed by atoms with E-state index in [1.807, 2.05) is 6.92 Å². The lowest BCUT2D eigenvalue weighted by atomic mass is 10.1. The van der Waals surface area contributed by atoms with Crippen LogP contribution in [0, 0.1) is 11.6 Å². The van der Waals surface area contributed by atoms with E-state index < -0.39 is 23.5 Å². The van der Waals surface area contributed by atoms with Gasteiger partial charge < -0.3 is 16.0 Å². The van der Waals surface area contributed by atoms with Crippen molar-refractivity contribution in [3.63, 3.8) is 0 Å². The minimum absolute atomic E-state index is 0.110. The fraction of sp³-hybridized carbons (Fsp3) is 0.280. The van der Waals surface area contributed by atoms with E-state index in [4.69, 9.17) is 0 Å². The number of pyridine rings is 1. The highest BCUT2D eigenvalue weighted by molar-refractivity contribution is 5.95. The molecule has 0 bridgehead atoms. The van der Waals surface area contributed by atoms with E-state index in [2.05, 4.69) is 20.9 Å². The lowest BCUT2D eigenvalue weighted by Gasteiger charge is -2.15. The molecule has 2 aromatic carbocycles. The molecule has 1 amide bonds. The first-order chi connectivity index (χ1) is 16.7. The smallest absolute Gasteiger partial charge is 0.368 e. The Morgan fingerprint density at radius 2 is 1.66 bits per heavy atom. The molecule has 0 aliphatic carbocycles. The van der Waals surface area contributed by atoms with Gasteiger partial charge in [-0.3, -0.25) is 4.79 Å². The Balaban J connectivity index is 1.70. The number of unbranched alkanes of at least 4 members (excludes halogenated alkanes) is 1. The van der Waals surface area contributed by atoms with Crippen molar-refractivity contribution in [2.24, 2.45) is 0 Å². The first-order valence-corrected chi connectivity index (χ1v) is 11.0. The Hall–Kier alpha value is -3.69. The maximum absolute atomic E-state index is 13.8. The molecule has 0 spiro atoms. The molecule has 0 fully saturated rings. The van der Waals surface area contributed by atoms with Crippen LogP contribution in [0.4, 0.5) is 39.3 Å². The van der Waals surface area contributed by atoms with Crippen LogP contribution in [-0.4, -0.2) is 17.4 Å². The number of amides is 1. The SMILES string of the molecule is CCCCNc1nc(NCc2ccc(F)cc2)ccc1NC(=O)Cc1ccc(C(F)(F)F)c(F)c1. The largest absolute Gasteiger partial charge is 0.419 e. The van der Waals surface area contributed by atoms with Crippen LogP contribution in [0.2, 0.25) is 0 Å². The van der Waals surface area contributed by atoms with Gasteiger partial charge in [-0.1, -0.05) is 31.5 Å². The second-order valence-electron chi connectivity index (χ2n) is 7.89. The minimum Gasteiger partial charge on any atom is -0.368 e. The van der Waals surface area contributed by atoms with E-state index >= 15 is 0 Å². The van der Waals surface area contributed by atoms with Crippen molar-refractivity contribution in [3.05, 3.63) is 82.9 Å². The Morgan fingerprint density at radius 3 is 2.31 bits per heavy atom. The van der Waals surface area contributed by atoms with Gasteiger partial charge in [-0.2, -0.15) is 13.2 Å². The van der Waals surface area contributed by atoms with E-state index in [0.717, 1.165) is 24.5 Å². The summed E-state index contributed by atoms with van der Waals surface area (Å²) in [6.45, 7) is 3.05. The molecule has 1 aromatic heterocycles. The normalized spacial score (nSPS) is 11.3. The number of aromatic nitrogens is 1. The molecule has 3 aromatic rings. The molecule has 0 saturated carbocycles. The molecular weight excluding hydrogens is 467 g/mol. The van der Waals surface area contributed by atoms with Gasteiger partial charge in [0.25, 0.3) is 0 Å². The van der Waals surface area contributed by atoms with Gasteiger partial charge in [-0.05, 0) is 53.9 Å². The predicted octanol–water partition coefficient (Wildman–Crippen LogP) is 6.38. The average Bonchev–Trinajstić information content (AvgIpc) is 2.79. The lowest BCUT2D eigenvalue weighted by molar-refractivity contribution is -0.140. The molecular formula is C25H25F5N4O. The number of hydrogen-bond donors (Lipinski definition) is 3. The van der Waals surface area contributed by atoms with E-state index in [0.29, 0.717) is 42.5 Å². The summed E-state index contributed by atoms with van der Waals surface area (Å²) in [5.74, 6) is -1.35. The number of nitrogens with zero attached hydrogens (tertiary/aromatic N) is 1. The number of alkyl halides is 3. The van der Waals surface area contributed by atoms with Crippen molar-refractivity contribution in [1.29, 1.82) is 0 Å². The van der Waals surface area contributed by atoms with E-state index in [9.17, 15) is 26.7 Å². The number of rotatable bonds is 10. The fourth-order valence-corrected chi connectivity index (χ4v) is 3.25. The first kappa shape index (κ1) is 25.9. The summed E-state index contributed by atoms with van der Waals surface area (Å²) in [7, 11) is 0. The quantitative estimate of drug-likeness (QED) is 0.227. The van der Waals surface area contributed by atoms with E-state index in [1.54, 1.807) is 24.3 Å². The van der Waals surface area contributed by atoms with Crippen molar-refractivity contribution in [3.8, 4) is 0 Å². The number of halogens is 5. The van der Waals surface area contributed by atoms with Crippen molar-refractivity contribution in [2.45, 2.75) is 38.9 Å². The Labute approximate surface area is 199 Å². The molecule has 0 saturated heterocycles. The number of nitrogens with one attached hydrogen (secondary N) is 3. The minimum atomic E-state index is -4.80. The number of carbonyl (C=O) groups is 1. The third kappa shape index (κ3) is 7.66. The van der Waals surface area contributed by atoms with Gasteiger partial charge in [0.2, 0.25) is 5.91 Å². The molecule has 10 heteroatoms. The van der Waals surface area contributed by atoms with Crippen LogP contribution in [0.1, 0.15) is 36.5 Å². The van der Waals surface area contributed by atoms with Gasteiger partial charge >= 0.3 is 6.18 Å². The zero-order valence-corrected chi connectivity index (χ0v) is 19.0. The van der Waals surface area contributed by atoms with E-state index in [-0.39, 0.29) is 17.8 Å². The Morgan fingerprint density at radius 1 is 0.943 bits per heavy atom. The van der Waals surface area contributed by atoms with Gasteiger partial charge in [-0.25, -0.2) is 13.8 Å². The van der Waals surface area contributed by atoms with Crippen LogP contribution in [0.25, 0.3) is 0 Å². The number of benzene rings is 2. The molecule has 0 radical (unpaired) electrons. The lowest BCUT2D eigenvalue weighted by Crippen LogP contribution is -2.17. The predicted molar refractivity (Wildman–Crippen MR) is 125 cm³/mol. The fourth-order valence-electron chi connectivity index (χ4n) is 3.25.